The molecule has 0 radical (unpaired) electrons. The molecular formula is C20H20F3N3O. The first-order valence-electron chi connectivity index (χ1n) is 9.22. The van der Waals surface area contributed by atoms with E-state index in [1.807, 2.05) is 6.07 Å². The van der Waals surface area contributed by atoms with Gasteiger partial charge in [0.1, 0.15) is 11.7 Å². The quantitative estimate of drug-likeness (QED) is 0.811. The highest BCUT2D eigenvalue weighted by Gasteiger charge is 2.39. The molecule has 2 aromatic rings. The number of pyridine rings is 1. The standard InChI is InChI=1S/C20H20F3N3O/c1-3-20(23)6-7-25(10-20)19-11(2)18-15(16(21)17(19)22)12(9-24)8-14(27)26(18)13-4-5-13/h8,13H,3-7,10H2,1-2H3. The maximum atomic E-state index is 15.0. The Labute approximate surface area is 154 Å². The number of hydrogen-bond donors (Lipinski definition) is 0. The Morgan fingerprint density at radius 1 is 1.33 bits per heavy atom. The molecule has 1 atom stereocenters. The molecule has 7 heteroatoms. The van der Waals surface area contributed by atoms with Crippen LogP contribution in [0.1, 0.15) is 49.8 Å². The van der Waals surface area contributed by atoms with Crippen molar-refractivity contribution in [1.82, 2.24) is 4.57 Å². The van der Waals surface area contributed by atoms with Crippen molar-refractivity contribution in [3.8, 4) is 6.07 Å². The van der Waals surface area contributed by atoms with Gasteiger partial charge in [0, 0.05) is 30.6 Å². The van der Waals surface area contributed by atoms with Crippen LogP contribution in [-0.4, -0.2) is 23.3 Å². The summed E-state index contributed by atoms with van der Waals surface area (Å²) in [5.41, 5.74) is -1.37. The van der Waals surface area contributed by atoms with E-state index in [2.05, 4.69) is 0 Å². The molecule has 2 aliphatic rings. The lowest BCUT2D eigenvalue weighted by atomic mass is 10.0. The van der Waals surface area contributed by atoms with Crippen molar-refractivity contribution in [2.75, 3.05) is 18.0 Å². The molecule has 1 aliphatic carbocycles. The molecule has 1 aromatic carbocycles. The summed E-state index contributed by atoms with van der Waals surface area (Å²) in [4.78, 5) is 14.1. The molecule has 0 N–H and O–H groups in total. The maximum Gasteiger partial charge on any atom is 0.252 e. The zero-order valence-electron chi connectivity index (χ0n) is 15.3. The topological polar surface area (TPSA) is 49.0 Å². The number of aromatic nitrogens is 1. The van der Waals surface area contributed by atoms with Gasteiger partial charge in [-0.05, 0) is 26.2 Å². The number of alkyl halides is 1. The summed E-state index contributed by atoms with van der Waals surface area (Å²) in [7, 11) is 0. The second-order valence-electron chi connectivity index (χ2n) is 7.61. The summed E-state index contributed by atoms with van der Waals surface area (Å²) < 4.78 is 46.2. The largest absolute Gasteiger partial charge is 0.365 e. The molecule has 4 rings (SSSR count). The summed E-state index contributed by atoms with van der Waals surface area (Å²) in [5, 5.41) is 9.18. The molecule has 1 aromatic heterocycles. The van der Waals surface area contributed by atoms with Gasteiger partial charge in [-0.2, -0.15) is 5.26 Å². The van der Waals surface area contributed by atoms with E-state index in [0.29, 0.717) is 12.0 Å². The fourth-order valence-electron chi connectivity index (χ4n) is 4.18. The zero-order chi connectivity index (χ0) is 19.5. The summed E-state index contributed by atoms with van der Waals surface area (Å²) >= 11 is 0. The van der Waals surface area contributed by atoms with Gasteiger partial charge < -0.3 is 9.47 Å². The number of nitrogens with zero attached hydrogens (tertiary/aromatic N) is 3. The van der Waals surface area contributed by atoms with Crippen LogP contribution < -0.4 is 10.5 Å². The Hall–Kier alpha value is -2.49. The summed E-state index contributed by atoms with van der Waals surface area (Å²) in [6.07, 6.45) is 2.10. The number of hydrogen-bond acceptors (Lipinski definition) is 3. The lowest BCUT2D eigenvalue weighted by Crippen LogP contribution is -2.30. The second-order valence-corrected chi connectivity index (χ2v) is 7.61. The van der Waals surface area contributed by atoms with Gasteiger partial charge >= 0.3 is 0 Å². The Morgan fingerprint density at radius 2 is 2.04 bits per heavy atom. The van der Waals surface area contributed by atoms with E-state index in [1.54, 1.807) is 13.8 Å². The molecule has 1 unspecified atom stereocenters. The summed E-state index contributed by atoms with van der Waals surface area (Å²) in [5.74, 6) is -2.23. The third-order valence-electron chi connectivity index (χ3n) is 5.87. The molecule has 0 bridgehead atoms. The van der Waals surface area contributed by atoms with E-state index in [9.17, 15) is 14.4 Å². The van der Waals surface area contributed by atoms with Crippen molar-refractivity contribution in [3.63, 3.8) is 0 Å². The molecule has 1 saturated heterocycles. The molecule has 1 saturated carbocycles. The van der Waals surface area contributed by atoms with Crippen molar-refractivity contribution >= 4 is 16.6 Å². The van der Waals surface area contributed by atoms with Crippen molar-refractivity contribution < 1.29 is 13.2 Å². The molecule has 2 fully saturated rings. The van der Waals surface area contributed by atoms with Crippen LogP contribution in [0.3, 0.4) is 0 Å². The van der Waals surface area contributed by atoms with Gasteiger partial charge in [-0.3, -0.25) is 4.79 Å². The van der Waals surface area contributed by atoms with Crippen LogP contribution in [0.15, 0.2) is 10.9 Å². The molecular weight excluding hydrogens is 355 g/mol. The maximum absolute atomic E-state index is 15.0. The van der Waals surface area contributed by atoms with Crippen molar-refractivity contribution in [1.29, 1.82) is 5.26 Å². The van der Waals surface area contributed by atoms with E-state index in [0.717, 1.165) is 18.9 Å². The number of anilines is 1. The number of rotatable bonds is 3. The van der Waals surface area contributed by atoms with E-state index in [1.165, 1.54) is 9.47 Å². The molecule has 0 spiro atoms. The fraction of sp³-hybridized carbons (Fsp3) is 0.500. The first-order chi connectivity index (χ1) is 12.8. The van der Waals surface area contributed by atoms with Crippen molar-refractivity contribution in [2.45, 2.75) is 51.2 Å². The summed E-state index contributed by atoms with van der Waals surface area (Å²) in [6, 6.07) is 2.81. The Morgan fingerprint density at radius 3 is 2.59 bits per heavy atom. The second kappa shape index (κ2) is 6.01. The van der Waals surface area contributed by atoms with E-state index >= 15 is 8.78 Å². The monoisotopic (exact) mass is 375 g/mol. The average molecular weight is 375 g/mol. The van der Waals surface area contributed by atoms with Gasteiger partial charge in [-0.1, -0.05) is 6.92 Å². The normalized spacial score (nSPS) is 22.4. The summed E-state index contributed by atoms with van der Waals surface area (Å²) in [6.45, 7) is 3.61. The van der Waals surface area contributed by atoms with Crippen molar-refractivity contribution in [2.24, 2.45) is 0 Å². The number of halogens is 3. The lowest BCUT2D eigenvalue weighted by molar-refractivity contribution is 0.186. The van der Waals surface area contributed by atoms with Gasteiger partial charge in [0.2, 0.25) is 0 Å². The number of benzene rings is 1. The van der Waals surface area contributed by atoms with Gasteiger partial charge in [0.05, 0.1) is 28.7 Å². The van der Waals surface area contributed by atoms with E-state index in [4.69, 9.17) is 0 Å². The molecule has 0 amide bonds. The van der Waals surface area contributed by atoms with Crippen LogP contribution in [0, 0.1) is 29.9 Å². The highest BCUT2D eigenvalue weighted by molar-refractivity contribution is 5.92. The molecule has 4 nitrogen and oxygen atoms in total. The SMILES string of the molecule is CCC1(F)CCN(c2c(F)c(F)c3c(C#N)cc(=O)n(C4CC4)c3c2C)C1. The van der Waals surface area contributed by atoms with Gasteiger partial charge in [-0.25, -0.2) is 13.2 Å². The molecule has 2 heterocycles. The predicted molar refractivity (Wildman–Crippen MR) is 96.8 cm³/mol. The lowest BCUT2D eigenvalue weighted by Gasteiger charge is -2.25. The van der Waals surface area contributed by atoms with Crippen LogP contribution in [0.2, 0.25) is 0 Å². The van der Waals surface area contributed by atoms with E-state index < -0.39 is 22.9 Å². The third kappa shape index (κ3) is 2.61. The average Bonchev–Trinajstić information content (AvgIpc) is 3.41. The smallest absolute Gasteiger partial charge is 0.252 e. The van der Waals surface area contributed by atoms with E-state index in [-0.39, 0.29) is 47.7 Å². The van der Waals surface area contributed by atoms with Crippen LogP contribution in [0.4, 0.5) is 18.9 Å². The van der Waals surface area contributed by atoms with Crippen LogP contribution >= 0.6 is 0 Å². The third-order valence-corrected chi connectivity index (χ3v) is 5.87. The Balaban J connectivity index is 2.04. The predicted octanol–water partition coefficient (Wildman–Crippen LogP) is 4.12. The fourth-order valence-corrected chi connectivity index (χ4v) is 4.18. The minimum Gasteiger partial charge on any atom is -0.365 e. The van der Waals surface area contributed by atoms with Crippen LogP contribution in [0.25, 0.3) is 10.9 Å². The highest BCUT2D eigenvalue weighted by atomic mass is 19.2. The van der Waals surface area contributed by atoms with Crippen LogP contribution in [0.5, 0.6) is 0 Å². The number of aryl methyl sites for hydroxylation is 1. The van der Waals surface area contributed by atoms with Crippen LogP contribution in [-0.2, 0) is 0 Å². The van der Waals surface area contributed by atoms with Gasteiger partial charge in [0.15, 0.2) is 11.6 Å². The minimum absolute atomic E-state index is 0.00290. The van der Waals surface area contributed by atoms with Crippen molar-refractivity contribution in [3.05, 3.63) is 39.2 Å². The van der Waals surface area contributed by atoms with Gasteiger partial charge in [-0.15, -0.1) is 0 Å². The van der Waals surface area contributed by atoms with Gasteiger partial charge in [0.25, 0.3) is 5.56 Å². The zero-order valence-corrected chi connectivity index (χ0v) is 15.3. The first kappa shape index (κ1) is 17.9. The molecule has 1 aliphatic heterocycles. The number of fused-ring (bicyclic) bond motifs is 1. The Bertz CT molecular complexity index is 1050. The Kier molecular flexibility index (Phi) is 3.99. The highest BCUT2D eigenvalue weighted by Crippen LogP contribution is 2.43. The number of nitriles is 1. The molecule has 142 valence electrons. The molecule has 27 heavy (non-hydrogen) atoms. The first-order valence-corrected chi connectivity index (χ1v) is 9.22. The minimum atomic E-state index is -1.44.